The van der Waals surface area contributed by atoms with Gasteiger partial charge in [-0.15, -0.1) is 45.3 Å². The van der Waals surface area contributed by atoms with Crippen molar-refractivity contribution in [1.82, 2.24) is 0 Å². The maximum Gasteiger partial charge on any atom is 0.196 e. The number of carbonyl (C=O) groups excluding carboxylic acids is 1. The van der Waals surface area contributed by atoms with Gasteiger partial charge >= 0.3 is 0 Å². The minimum Gasteiger partial charge on any atom is -0.288 e. The van der Waals surface area contributed by atoms with Gasteiger partial charge in [-0.3, -0.25) is 4.79 Å². The lowest BCUT2D eigenvalue weighted by molar-refractivity contribution is 0.104. The predicted octanol–water partition coefficient (Wildman–Crippen LogP) is 15.4. The number of rotatable bonds is 24. The van der Waals surface area contributed by atoms with Gasteiger partial charge in [-0.25, -0.2) is 0 Å². The number of thiophene rings is 4. The maximum atomic E-state index is 14.5. The van der Waals surface area contributed by atoms with Crippen LogP contribution in [0.1, 0.15) is 169 Å². The molecule has 4 aromatic heterocycles. The van der Waals surface area contributed by atoms with E-state index in [9.17, 15) is 4.79 Å². The molecule has 1 nitrogen and oxygen atoms in total. The summed E-state index contributed by atoms with van der Waals surface area (Å²) in [5, 5.41) is 4.37. The van der Waals surface area contributed by atoms with Crippen LogP contribution < -0.4 is 0 Å². The van der Waals surface area contributed by atoms with Crippen LogP contribution in [-0.2, 0) is 12.8 Å². The minimum atomic E-state index is 0.326. The molecular formula is C41H56OS4. The second-order valence-corrected chi connectivity index (χ2v) is 17.3. The van der Waals surface area contributed by atoms with E-state index in [0.717, 1.165) is 24.0 Å². The largest absolute Gasteiger partial charge is 0.288 e. The Balaban J connectivity index is 1.25. The monoisotopic (exact) mass is 692 g/mol. The highest BCUT2D eigenvalue weighted by Crippen LogP contribution is 2.56. The average molecular weight is 693 g/mol. The highest BCUT2D eigenvalue weighted by atomic mass is 32.1. The molecule has 4 heterocycles. The Kier molecular flexibility index (Phi) is 15.1. The molecule has 0 unspecified atom stereocenters. The molecule has 0 bridgehead atoms. The quantitative estimate of drug-likeness (QED) is 0.0588. The van der Waals surface area contributed by atoms with Gasteiger partial charge in [-0.05, 0) is 59.7 Å². The number of unbranched alkanes of at least 4 members (excludes halogenated alkanes) is 18. The Morgan fingerprint density at radius 3 is 1.13 bits per heavy atom. The van der Waals surface area contributed by atoms with Gasteiger partial charge in [0.05, 0.1) is 9.75 Å². The molecule has 0 aliphatic heterocycles. The molecule has 1 aliphatic carbocycles. The van der Waals surface area contributed by atoms with Crippen LogP contribution in [0.2, 0.25) is 0 Å². The highest BCUT2D eigenvalue weighted by Gasteiger charge is 2.38. The molecule has 46 heavy (non-hydrogen) atoms. The summed E-state index contributed by atoms with van der Waals surface area (Å²) in [6.07, 6.45) is 28.9. The van der Waals surface area contributed by atoms with Crippen molar-refractivity contribution in [3.05, 3.63) is 57.3 Å². The molecule has 0 spiro atoms. The van der Waals surface area contributed by atoms with Crippen LogP contribution in [-0.4, -0.2) is 5.78 Å². The lowest BCUT2D eigenvalue weighted by Gasteiger charge is -2.09. The third-order valence-corrected chi connectivity index (χ3v) is 14.5. The first kappa shape index (κ1) is 35.8. The summed E-state index contributed by atoms with van der Waals surface area (Å²) in [5.74, 6) is 0.326. The summed E-state index contributed by atoms with van der Waals surface area (Å²) in [5.41, 5.74) is 4.82. The summed E-state index contributed by atoms with van der Waals surface area (Å²) in [6, 6.07) is 8.82. The number of hydrogen-bond acceptors (Lipinski definition) is 5. The second kappa shape index (κ2) is 19.5. The average Bonchev–Trinajstić information content (AvgIpc) is 3.89. The molecule has 5 heteroatoms. The van der Waals surface area contributed by atoms with Crippen LogP contribution in [0.3, 0.4) is 0 Å². The first-order valence-electron chi connectivity index (χ1n) is 18.7. The molecule has 0 saturated heterocycles. The highest BCUT2D eigenvalue weighted by molar-refractivity contribution is 7.29. The predicted molar refractivity (Wildman–Crippen MR) is 209 cm³/mol. The minimum absolute atomic E-state index is 0.326. The zero-order chi connectivity index (χ0) is 32.0. The second-order valence-electron chi connectivity index (χ2n) is 13.4. The Bertz CT molecular complexity index is 1330. The first-order valence-corrected chi connectivity index (χ1v) is 22.1. The Morgan fingerprint density at radius 2 is 0.804 bits per heavy atom. The lowest BCUT2D eigenvalue weighted by atomic mass is 9.95. The summed E-state index contributed by atoms with van der Waals surface area (Å²) in [7, 11) is 0. The van der Waals surface area contributed by atoms with E-state index in [1.54, 1.807) is 0 Å². The van der Waals surface area contributed by atoms with E-state index in [1.807, 2.05) is 45.3 Å². The lowest BCUT2D eigenvalue weighted by Crippen LogP contribution is -2.03. The summed E-state index contributed by atoms with van der Waals surface area (Å²) < 4.78 is 0. The zero-order valence-corrected chi connectivity index (χ0v) is 31.8. The van der Waals surface area contributed by atoms with Crippen LogP contribution in [0.4, 0.5) is 0 Å². The van der Waals surface area contributed by atoms with Gasteiger partial charge in [0.2, 0.25) is 0 Å². The molecule has 4 aromatic rings. The molecule has 0 saturated carbocycles. The fourth-order valence-electron chi connectivity index (χ4n) is 7.12. The van der Waals surface area contributed by atoms with Crippen molar-refractivity contribution < 1.29 is 4.79 Å². The van der Waals surface area contributed by atoms with Crippen molar-refractivity contribution in [2.75, 3.05) is 0 Å². The molecule has 0 radical (unpaired) electrons. The van der Waals surface area contributed by atoms with E-state index in [0.29, 0.717) is 5.78 Å². The van der Waals surface area contributed by atoms with Crippen molar-refractivity contribution in [2.24, 2.45) is 0 Å². The van der Waals surface area contributed by atoms with E-state index >= 15 is 0 Å². The van der Waals surface area contributed by atoms with E-state index in [4.69, 9.17) is 0 Å². The third kappa shape index (κ3) is 9.33. The first-order chi connectivity index (χ1) is 22.7. The molecular weight excluding hydrogens is 637 g/mol. The fraction of sp³-hybridized carbons (Fsp3) is 0.585. The van der Waals surface area contributed by atoms with Crippen LogP contribution in [0.25, 0.3) is 29.3 Å². The summed E-state index contributed by atoms with van der Waals surface area (Å²) in [6.45, 7) is 4.58. The van der Waals surface area contributed by atoms with Gasteiger partial charge in [-0.1, -0.05) is 142 Å². The molecule has 0 N–H and O–H groups in total. The van der Waals surface area contributed by atoms with E-state index in [-0.39, 0.29) is 0 Å². The van der Waals surface area contributed by atoms with Gasteiger partial charge in [0.1, 0.15) is 0 Å². The van der Waals surface area contributed by atoms with Gasteiger partial charge in [0.25, 0.3) is 0 Å². The van der Waals surface area contributed by atoms with E-state index in [2.05, 4.69) is 48.9 Å². The van der Waals surface area contributed by atoms with Crippen molar-refractivity contribution in [2.45, 2.75) is 155 Å². The number of carbonyl (C=O) groups is 1. The van der Waals surface area contributed by atoms with Gasteiger partial charge in [-0.2, -0.15) is 0 Å². The van der Waals surface area contributed by atoms with E-state index < -0.39 is 0 Å². The van der Waals surface area contributed by atoms with Gasteiger partial charge < -0.3 is 0 Å². The summed E-state index contributed by atoms with van der Waals surface area (Å²) in [4.78, 5) is 22.4. The zero-order valence-electron chi connectivity index (χ0n) is 28.6. The Hall–Kier alpha value is -1.53. The van der Waals surface area contributed by atoms with Crippen molar-refractivity contribution in [3.63, 3.8) is 0 Å². The van der Waals surface area contributed by atoms with Gasteiger partial charge in [0.15, 0.2) is 5.78 Å². The SMILES string of the molecule is CCCCCCCCCCCCc1c(-c2cccs2)sc2c1C(=O)c1c-2sc(-c2cccs2)c1CCCCCCCCCCCC. The molecule has 0 aromatic carbocycles. The van der Waals surface area contributed by atoms with Crippen molar-refractivity contribution >= 4 is 51.1 Å². The number of ketones is 1. The smallest absolute Gasteiger partial charge is 0.196 e. The molecule has 250 valence electrons. The maximum absolute atomic E-state index is 14.5. The number of hydrogen-bond donors (Lipinski definition) is 0. The van der Waals surface area contributed by atoms with Crippen LogP contribution in [0, 0.1) is 0 Å². The number of fused-ring (bicyclic) bond motifs is 3. The molecule has 0 atom stereocenters. The summed E-state index contributed by atoms with van der Waals surface area (Å²) >= 11 is 7.45. The fourth-order valence-corrected chi connectivity index (χ4v) is 11.7. The Labute approximate surface area is 295 Å². The van der Waals surface area contributed by atoms with Crippen molar-refractivity contribution in [3.8, 4) is 29.3 Å². The third-order valence-electron chi connectivity index (χ3n) is 9.73. The van der Waals surface area contributed by atoms with Crippen LogP contribution in [0.15, 0.2) is 35.0 Å². The van der Waals surface area contributed by atoms with E-state index in [1.165, 1.54) is 169 Å². The molecule has 5 rings (SSSR count). The normalized spacial score (nSPS) is 12.3. The topological polar surface area (TPSA) is 17.1 Å². The Morgan fingerprint density at radius 1 is 0.457 bits per heavy atom. The van der Waals surface area contributed by atoms with Crippen LogP contribution in [0.5, 0.6) is 0 Å². The van der Waals surface area contributed by atoms with Crippen LogP contribution >= 0.6 is 45.3 Å². The molecule has 1 aliphatic rings. The molecule has 0 fully saturated rings. The molecule has 0 amide bonds. The standard InChI is InChI=1S/C41H56OS4/c1-3-5-7-9-11-13-15-17-19-21-25-31-35-37(42)36-32(26-22-20-18-16-14-12-10-8-6-4-2)39(34-28-24-30-44-34)46-41(36)40(35)45-38(31)33-27-23-29-43-33/h23-24,27-30H,3-22,25-26H2,1-2H3. The van der Waals surface area contributed by atoms with Crippen molar-refractivity contribution in [1.29, 1.82) is 0 Å². The van der Waals surface area contributed by atoms with Gasteiger partial charge in [0, 0.05) is 30.6 Å².